The van der Waals surface area contributed by atoms with E-state index >= 15 is 0 Å². The molecule has 4 nitrogen and oxygen atoms in total. The minimum absolute atomic E-state index is 0.0313. The number of anilines is 2. The van der Waals surface area contributed by atoms with Crippen LogP contribution in [0.3, 0.4) is 0 Å². The molecule has 0 saturated carbocycles. The van der Waals surface area contributed by atoms with Crippen molar-refractivity contribution < 1.29 is 9.59 Å². The highest BCUT2D eigenvalue weighted by Crippen LogP contribution is 2.39. The van der Waals surface area contributed by atoms with E-state index in [9.17, 15) is 9.59 Å². The zero-order valence-corrected chi connectivity index (χ0v) is 16.1. The van der Waals surface area contributed by atoms with Gasteiger partial charge < -0.3 is 10.2 Å². The fourth-order valence-corrected chi connectivity index (χ4v) is 4.49. The molecule has 0 atom stereocenters. The third-order valence-electron chi connectivity index (χ3n) is 4.94. The summed E-state index contributed by atoms with van der Waals surface area (Å²) in [6.07, 6.45) is 1.99. The number of nitrogens with zero attached hydrogens (tertiary/aromatic N) is 1. The van der Waals surface area contributed by atoms with Gasteiger partial charge in [0.2, 0.25) is 5.91 Å². The molecule has 0 bridgehead atoms. The molecule has 0 radical (unpaired) electrons. The van der Waals surface area contributed by atoms with E-state index in [1.807, 2.05) is 36.4 Å². The Kier molecular flexibility index (Phi) is 4.54. The molecule has 1 N–H and O–H groups in total. The van der Waals surface area contributed by atoms with Gasteiger partial charge in [-0.25, -0.2) is 0 Å². The Morgan fingerprint density at radius 2 is 1.70 bits per heavy atom. The van der Waals surface area contributed by atoms with Crippen LogP contribution in [-0.2, 0) is 17.6 Å². The van der Waals surface area contributed by atoms with E-state index in [0.29, 0.717) is 5.69 Å². The first kappa shape index (κ1) is 17.5. The van der Waals surface area contributed by atoms with Gasteiger partial charge in [-0.15, -0.1) is 11.3 Å². The molecule has 0 unspecified atom stereocenters. The van der Waals surface area contributed by atoms with Crippen molar-refractivity contribution >= 4 is 34.5 Å². The fourth-order valence-electron chi connectivity index (χ4n) is 3.33. The standard InChI is InChI=1S/C22H20N2O2S/c1-14(25)24(2)18-11-9-17(10-12-18)23-22(26)20-13-16-8-7-15-5-3-4-6-19(15)21(16)27-20/h3-6,9-13H,7-8H2,1-2H3,(H,23,26). The molecule has 0 aliphatic heterocycles. The fraction of sp³-hybridized carbons (Fsp3) is 0.182. The molecule has 5 heteroatoms. The highest BCUT2D eigenvalue weighted by atomic mass is 32.1. The average Bonchev–Trinajstić information content (AvgIpc) is 3.13. The van der Waals surface area contributed by atoms with E-state index < -0.39 is 0 Å². The molecule has 0 spiro atoms. The van der Waals surface area contributed by atoms with Crippen LogP contribution in [0.15, 0.2) is 54.6 Å². The number of nitrogens with one attached hydrogen (secondary N) is 1. The number of thiophene rings is 1. The number of benzene rings is 2. The van der Waals surface area contributed by atoms with Gasteiger partial charge in [-0.2, -0.15) is 0 Å². The first-order valence-corrected chi connectivity index (χ1v) is 9.71. The van der Waals surface area contributed by atoms with Crippen LogP contribution >= 0.6 is 11.3 Å². The van der Waals surface area contributed by atoms with Crippen molar-refractivity contribution in [2.24, 2.45) is 0 Å². The average molecular weight is 376 g/mol. The quantitative estimate of drug-likeness (QED) is 0.717. The molecule has 0 fully saturated rings. The Hall–Kier alpha value is -2.92. The van der Waals surface area contributed by atoms with E-state index in [1.54, 1.807) is 23.3 Å². The SMILES string of the molecule is CC(=O)N(C)c1ccc(NC(=O)c2cc3c(s2)-c2ccccc2CC3)cc1. The lowest BCUT2D eigenvalue weighted by Gasteiger charge is -2.15. The van der Waals surface area contributed by atoms with Crippen LogP contribution in [0.1, 0.15) is 27.7 Å². The van der Waals surface area contributed by atoms with E-state index in [1.165, 1.54) is 28.5 Å². The second-order valence-electron chi connectivity index (χ2n) is 6.70. The summed E-state index contributed by atoms with van der Waals surface area (Å²) in [5.74, 6) is -0.129. The maximum Gasteiger partial charge on any atom is 0.265 e. The van der Waals surface area contributed by atoms with Crippen LogP contribution in [0.2, 0.25) is 0 Å². The Labute approximate surface area is 162 Å². The van der Waals surface area contributed by atoms with Crippen LogP contribution in [-0.4, -0.2) is 18.9 Å². The Morgan fingerprint density at radius 1 is 1.00 bits per heavy atom. The molecule has 1 heterocycles. The second kappa shape index (κ2) is 7.00. The van der Waals surface area contributed by atoms with Crippen molar-refractivity contribution in [1.82, 2.24) is 0 Å². The number of rotatable bonds is 3. The zero-order valence-electron chi connectivity index (χ0n) is 15.3. The Bertz CT molecular complexity index is 1020. The number of carbonyl (C=O) groups is 2. The Balaban J connectivity index is 1.53. The minimum Gasteiger partial charge on any atom is -0.321 e. The third kappa shape index (κ3) is 3.38. The van der Waals surface area contributed by atoms with Crippen LogP contribution in [0.4, 0.5) is 11.4 Å². The molecular formula is C22H20N2O2S. The van der Waals surface area contributed by atoms with Crippen LogP contribution in [0.25, 0.3) is 10.4 Å². The predicted octanol–water partition coefficient (Wildman–Crippen LogP) is 4.75. The molecule has 1 aliphatic rings. The summed E-state index contributed by atoms with van der Waals surface area (Å²) in [5, 5.41) is 2.95. The molecule has 1 aromatic heterocycles. The van der Waals surface area contributed by atoms with E-state index in [4.69, 9.17) is 0 Å². The topological polar surface area (TPSA) is 49.4 Å². The van der Waals surface area contributed by atoms with Gasteiger partial charge >= 0.3 is 0 Å². The number of fused-ring (bicyclic) bond motifs is 3. The van der Waals surface area contributed by atoms with Gasteiger partial charge in [0.25, 0.3) is 5.91 Å². The van der Waals surface area contributed by atoms with E-state index in [-0.39, 0.29) is 11.8 Å². The summed E-state index contributed by atoms with van der Waals surface area (Å²) in [7, 11) is 1.73. The number of amides is 2. The lowest BCUT2D eigenvalue weighted by Crippen LogP contribution is -2.22. The molecule has 3 aromatic rings. The molecule has 1 aliphatic carbocycles. The maximum absolute atomic E-state index is 12.7. The molecule has 0 saturated heterocycles. The molecule has 4 rings (SSSR count). The monoisotopic (exact) mass is 376 g/mol. The van der Waals surface area contributed by atoms with Crippen LogP contribution < -0.4 is 10.2 Å². The van der Waals surface area contributed by atoms with Gasteiger partial charge in [-0.3, -0.25) is 9.59 Å². The lowest BCUT2D eigenvalue weighted by molar-refractivity contribution is -0.116. The summed E-state index contributed by atoms with van der Waals surface area (Å²) >= 11 is 1.55. The number of aryl methyl sites for hydroxylation is 2. The van der Waals surface area contributed by atoms with Crippen LogP contribution in [0, 0.1) is 0 Å². The van der Waals surface area contributed by atoms with Gasteiger partial charge in [0.15, 0.2) is 0 Å². The maximum atomic E-state index is 12.7. The van der Waals surface area contributed by atoms with Gasteiger partial charge in [0.05, 0.1) is 4.88 Å². The first-order valence-electron chi connectivity index (χ1n) is 8.89. The van der Waals surface area contributed by atoms with Gasteiger partial charge in [0, 0.05) is 30.2 Å². The number of carbonyl (C=O) groups excluding carboxylic acids is 2. The molecular weight excluding hydrogens is 356 g/mol. The Morgan fingerprint density at radius 3 is 2.44 bits per heavy atom. The molecule has 27 heavy (non-hydrogen) atoms. The number of hydrogen-bond donors (Lipinski definition) is 1. The zero-order chi connectivity index (χ0) is 19.0. The summed E-state index contributed by atoms with van der Waals surface area (Å²) in [4.78, 5) is 27.6. The van der Waals surface area contributed by atoms with E-state index in [2.05, 4.69) is 23.5 Å². The summed E-state index contributed by atoms with van der Waals surface area (Å²) in [6, 6.07) is 17.7. The summed E-state index contributed by atoms with van der Waals surface area (Å²) in [5.41, 5.74) is 5.36. The van der Waals surface area contributed by atoms with Gasteiger partial charge in [-0.05, 0) is 59.9 Å². The molecule has 136 valence electrons. The van der Waals surface area contributed by atoms with Crippen molar-refractivity contribution in [1.29, 1.82) is 0 Å². The summed E-state index contributed by atoms with van der Waals surface area (Å²) < 4.78 is 0. The van der Waals surface area contributed by atoms with Crippen LogP contribution in [0.5, 0.6) is 0 Å². The summed E-state index contributed by atoms with van der Waals surface area (Å²) in [6.45, 7) is 1.52. The molecule has 2 amide bonds. The van der Waals surface area contributed by atoms with Crippen molar-refractivity contribution in [3.63, 3.8) is 0 Å². The third-order valence-corrected chi connectivity index (χ3v) is 6.15. The highest BCUT2D eigenvalue weighted by Gasteiger charge is 2.21. The largest absolute Gasteiger partial charge is 0.321 e. The minimum atomic E-state index is -0.0976. The van der Waals surface area contributed by atoms with Crippen molar-refractivity contribution in [2.45, 2.75) is 19.8 Å². The second-order valence-corrected chi connectivity index (χ2v) is 7.75. The van der Waals surface area contributed by atoms with Gasteiger partial charge in [-0.1, -0.05) is 24.3 Å². The van der Waals surface area contributed by atoms with Crippen molar-refractivity contribution in [3.05, 3.63) is 70.6 Å². The number of hydrogen-bond acceptors (Lipinski definition) is 3. The van der Waals surface area contributed by atoms with Crippen molar-refractivity contribution in [3.8, 4) is 10.4 Å². The molecule has 2 aromatic carbocycles. The lowest BCUT2D eigenvalue weighted by atomic mass is 9.91. The first-order chi connectivity index (χ1) is 13.0. The highest BCUT2D eigenvalue weighted by molar-refractivity contribution is 7.17. The van der Waals surface area contributed by atoms with Gasteiger partial charge in [0.1, 0.15) is 0 Å². The van der Waals surface area contributed by atoms with Crippen molar-refractivity contribution in [2.75, 3.05) is 17.3 Å². The smallest absolute Gasteiger partial charge is 0.265 e. The predicted molar refractivity (Wildman–Crippen MR) is 111 cm³/mol. The normalized spacial score (nSPS) is 12.1. The van der Waals surface area contributed by atoms with E-state index in [0.717, 1.165) is 23.4 Å².